The Morgan fingerprint density at radius 3 is 2.42 bits per heavy atom. The van der Waals surface area contributed by atoms with Crippen LogP contribution in [0.1, 0.15) is 60.5 Å². The number of carbonyl (C=O) groups excluding carboxylic acids is 3. The molecule has 1 aromatic heterocycles. The van der Waals surface area contributed by atoms with Crippen LogP contribution >= 0.6 is 11.3 Å². The van der Waals surface area contributed by atoms with E-state index in [0.717, 1.165) is 0 Å². The van der Waals surface area contributed by atoms with E-state index in [1.807, 2.05) is 0 Å². The molecule has 222 valence electrons. The molecule has 7 nitrogen and oxygen atoms in total. The number of nitrogens with zero attached hydrogens (tertiary/aromatic N) is 3. The lowest BCUT2D eigenvalue weighted by Gasteiger charge is -2.35. The van der Waals surface area contributed by atoms with Crippen LogP contribution in [0.5, 0.6) is 0 Å². The van der Waals surface area contributed by atoms with E-state index in [-0.39, 0.29) is 43.4 Å². The standard InChI is InChI=1S/C32H29F3N4O3S/c33-22-7-5-20(6-8-22)29-38-27(23-9-10-32(34,35)15-24(23)25(40)16-31(18-36)11-12-31)28(43-29)19-1-3-21(4-2-19)30(42)39-14-13-37-26(41)17-39/h1-8,23-24H,9-17H2,(H,37,41)/t23-,24-/m1/s1. The maximum atomic E-state index is 14.7. The van der Waals surface area contributed by atoms with Crippen LogP contribution in [0, 0.1) is 28.5 Å². The van der Waals surface area contributed by atoms with E-state index in [4.69, 9.17) is 4.98 Å². The molecule has 2 atom stereocenters. The van der Waals surface area contributed by atoms with Gasteiger partial charge in [0.1, 0.15) is 16.6 Å². The summed E-state index contributed by atoms with van der Waals surface area (Å²) in [6.07, 6.45) is 0.203. The zero-order valence-electron chi connectivity index (χ0n) is 23.2. The van der Waals surface area contributed by atoms with Crippen molar-refractivity contribution < 1.29 is 27.6 Å². The second-order valence-corrected chi connectivity index (χ2v) is 12.7. The molecule has 6 rings (SSSR count). The van der Waals surface area contributed by atoms with E-state index >= 15 is 0 Å². The zero-order chi connectivity index (χ0) is 30.4. The Morgan fingerprint density at radius 2 is 1.77 bits per heavy atom. The lowest BCUT2D eigenvalue weighted by Crippen LogP contribution is -2.49. The fourth-order valence-electron chi connectivity index (χ4n) is 6.01. The number of piperazine rings is 1. The number of alkyl halides is 2. The molecule has 2 heterocycles. The lowest BCUT2D eigenvalue weighted by atomic mass is 9.71. The largest absolute Gasteiger partial charge is 0.353 e. The van der Waals surface area contributed by atoms with Gasteiger partial charge in [0.25, 0.3) is 5.91 Å². The molecule has 11 heteroatoms. The molecule has 2 amide bonds. The van der Waals surface area contributed by atoms with Gasteiger partial charge in [-0.05, 0) is 61.2 Å². The summed E-state index contributed by atoms with van der Waals surface area (Å²) in [6, 6.07) is 14.9. The Hall–Kier alpha value is -4.04. The summed E-state index contributed by atoms with van der Waals surface area (Å²) in [5, 5.41) is 12.8. The number of nitriles is 1. The molecule has 1 aliphatic heterocycles. The van der Waals surface area contributed by atoms with Crippen LogP contribution in [0.25, 0.3) is 21.0 Å². The summed E-state index contributed by atoms with van der Waals surface area (Å²) >= 11 is 1.32. The van der Waals surface area contributed by atoms with Crippen molar-refractivity contribution in [3.63, 3.8) is 0 Å². The molecule has 0 bridgehead atoms. The Morgan fingerprint density at radius 1 is 1.07 bits per heavy atom. The first-order valence-electron chi connectivity index (χ1n) is 14.3. The first-order chi connectivity index (χ1) is 20.6. The minimum atomic E-state index is -3.00. The number of hydrogen-bond donors (Lipinski definition) is 1. The average Bonchev–Trinajstić information content (AvgIpc) is 3.64. The first kappa shape index (κ1) is 29.1. The van der Waals surface area contributed by atoms with Gasteiger partial charge in [-0.15, -0.1) is 11.3 Å². The SMILES string of the molecule is N#CC1(CC(=O)[C@@H]2CC(F)(F)CC[C@H]2c2nc(-c3ccc(F)cc3)sc2-c2ccc(C(=O)N3CCNC(=O)C3)cc2)CC1. The highest BCUT2D eigenvalue weighted by molar-refractivity contribution is 7.18. The summed E-state index contributed by atoms with van der Waals surface area (Å²) in [5.74, 6) is -5.81. The summed E-state index contributed by atoms with van der Waals surface area (Å²) in [6.45, 7) is 0.769. The number of nitrogens with one attached hydrogen (secondary N) is 1. The van der Waals surface area contributed by atoms with E-state index < -0.39 is 35.4 Å². The number of benzene rings is 2. The van der Waals surface area contributed by atoms with Gasteiger partial charge in [0.15, 0.2) is 0 Å². The number of Topliss-reactive ketones (excluding diaryl/α,β-unsaturated/α-hetero) is 1. The molecule has 3 fully saturated rings. The van der Waals surface area contributed by atoms with Crippen LogP contribution in [0.3, 0.4) is 0 Å². The number of carbonyl (C=O) groups is 3. The Kier molecular flexibility index (Phi) is 7.59. The average molecular weight is 607 g/mol. The predicted molar refractivity (Wildman–Crippen MR) is 154 cm³/mol. The summed E-state index contributed by atoms with van der Waals surface area (Å²) < 4.78 is 43.1. The highest BCUT2D eigenvalue weighted by atomic mass is 32.1. The summed E-state index contributed by atoms with van der Waals surface area (Å²) in [7, 11) is 0. The number of rotatable bonds is 7. The van der Waals surface area contributed by atoms with Crippen molar-refractivity contribution in [2.24, 2.45) is 11.3 Å². The van der Waals surface area contributed by atoms with E-state index in [9.17, 15) is 32.8 Å². The molecule has 3 aromatic rings. The van der Waals surface area contributed by atoms with Gasteiger partial charge in [0.05, 0.1) is 28.6 Å². The van der Waals surface area contributed by atoms with Crippen LogP contribution in [0.2, 0.25) is 0 Å². The molecule has 0 spiro atoms. The first-order valence-corrected chi connectivity index (χ1v) is 15.1. The van der Waals surface area contributed by atoms with E-state index in [1.54, 1.807) is 36.4 Å². The number of amides is 2. The second kappa shape index (κ2) is 11.2. The molecule has 1 saturated heterocycles. The van der Waals surface area contributed by atoms with Gasteiger partial charge in [-0.2, -0.15) is 5.26 Å². The minimum Gasteiger partial charge on any atom is -0.353 e. The second-order valence-electron chi connectivity index (χ2n) is 11.7. The molecule has 0 unspecified atom stereocenters. The third kappa shape index (κ3) is 6.07. The van der Waals surface area contributed by atoms with Crippen LogP contribution in [-0.2, 0) is 9.59 Å². The number of hydrogen-bond acceptors (Lipinski definition) is 6. The highest BCUT2D eigenvalue weighted by Crippen LogP contribution is 2.53. The predicted octanol–water partition coefficient (Wildman–Crippen LogP) is 5.97. The Bertz CT molecular complexity index is 1610. The Labute approximate surface area is 250 Å². The normalized spacial score (nSPS) is 22.4. The summed E-state index contributed by atoms with van der Waals surface area (Å²) in [4.78, 5) is 45.3. The van der Waals surface area contributed by atoms with Gasteiger partial charge in [-0.25, -0.2) is 18.2 Å². The highest BCUT2D eigenvalue weighted by Gasteiger charge is 2.51. The smallest absolute Gasteiger partial charge is 0.254 e. The van der Waals surface area contributed by atoms with E-state index in [2.05, 4.69) is 11.4 Å². The monoisotopic (exact) mass is 606 g/mol. The molecule has 2 saturated carbocycles. The van der Waals surface area contributed by atoms with E-state index in [0.29, 0.717) is 58.2 Å². The van der Waals surface area contributed by atoms with Crippen molar-refractivity contribution in [2.45, 2.75) is 50.4 Å². The lowest BCUT2D eigenvalue weighted by molar-refractivity contribution is -0.132. The van der Waals surface area contributed by atoms with Crippen LogP contribution in [0.15, 0.2) is 48.5 Å². The Balaban J connectivity index is 1.37. The molecule has 0 radical (unpaired) electrons. The molecule has 3 aliphatic rings. The van der Waals surface area contributed by atoms with Crippen molar-refractivity contribution in [2.75, 3.05) is 19.6 Å². The number of aromatic nitrogens is 1. The van der Waals surface area contributed by atoms with Gasteiger partial charge in [0, 0.05) is 55.3 Å². The molecule has 43 heavy (non-hydrogen) atoms. The fraction of sp³-hybridized carbons (Fsp3) is 0.406. The zero-order valence-corrected chi connectivity index (χ0v) is 24.1. The van der Waals surface area contributed by atoms with Crippen LogP contribution < -0.4 is 5.32 Å². The van der Waals surface area contributed by atoms with Gasteiger partial charge in [-0.3, -0.25) is 14.4 Å². The minimum absolute atomic E-state index is 0.0184. The van der Waals surface area contributed by atoms with Crippen LogP contribution in [0.4, 0.5) is 13.2 Å². The summed E-state index contributed by atoms with van der Waals surface area (Å²) in [5.41, 5.74) is 1.52. The van der Waals surface area contributed by atoms with Gasteiger partial charge < -0.3 is 10.2 Å². The molecular weight excluding hydrogens is 577 g/mol. The third-order valence-electron chi connectivity index (χ3n) is 8.66. The molecule has 2 aliphatic carbocycles. The van der Waals surface area contributed by atoms with Gasteiger partial charge >= 0.3 is 0 Å². The fourth-order valence-corrected chi connectivity index (χ4v) is 7.15. The maximum absolute atomic E-state index is 14.7. The van der Waals surface area contributed by atoms with Crippen LogP contribution in [-0.4, -0.2) is 53.0 Å². The number of halogens is 3. The number of thiazole rings is 1. The van der Waals surface area contributed by atoms with Crippen molar-refractivity contribution in [3.05, 3.63) is 65.6 Å². The number of ketones is 1. The topological polar surface area (TPSA) is 103 Å². The van der Waals surface area contributed by atoms with Crippen molar-refractivity contribution >= 4 is 28.9 Å². The van der Waals surface area contributed by atoms with Crippen molar-refractivity contribution in [1.82, 2.24) is 15.2 Å². The molecule has 1 N–H and O–H groups in total. The van der Waals surface area contributed by atoms with Gasteiger partial charge in [0.2, 0.25) is 11.8 Å². The third-order valence-corrected chi connectivity index (χ3v) is 9.83. The maximum Gasteiger partial charge on any atom is 0.254 e. The van der Waals surface area contributed by atoms with Crippen molar-refractivity contribution in [3.8, 4) is 27.1 Å². The van der Waals surface area contributed by atoms with Crippen molar-refractivity contribution in [1.29, 1.82) is 5.26 Å². The molecule has 2 aromatic carbocycles. The van der Waals surface area contributed by atoms with Gasteiger partial charge in [-0.1, -0.05) is 12.1 Å². The quantitative estimate of drug-likeness (QED) is 0.357. The van der Waals surface area contributed by atoms with E-state index in [1.165, 1.54) is 28.4 Å². The molecular formula is C32H29F3N4O3S.